The van der Waals surface area contributed by atoms with Gasteiger partial charge in [0.1, 0.15) is 12.1 Å². The lowest BCUT2D eigenvalue weighted by molar-refractivity contribution is -0.143. The molecule has 0 unspecified atom stereocenters. The molecule has 0 radical (unpaired) electrons. The Morgan fingerprint density at radius 2 is 1.79 bits per heavy atom. The van der Waals surface area contributed by atoms with Gasteiger partial charge in [0.05, 0.1) is 0 Å². The average Bonchev–Trinajstić information content (AvgIpc) is 2.25. The standard InChI is InChI=1S/C12H23N3O4/c1-8(2)6-13-9(16)7-15(5)11(19)14-12(3,4)10(17)18/h8H,6-7H2,1-5H3,(H,13,16)(H,14,19)(H,17,18). The highest BCUT2D eigenvalue weighted by Crippen LogP contribution is 2.02. The third-order valence-electron chi connectivity index (χ3n) is 2.39. The monoisotopic (exact) mass is 273 g/mol. The van der Waals surface area contributed by atoms with Crippen LogP contribution >= 0.6 is 0 Å². The summed E-state index contributed by atoms with van der Waals surface area (Å²) in [6.45, 7) is 7.10. The van der Waals surface area contributed by atoms with Crippen molar-refractivity contribution >= 4 is 17.9 Å². The third-order valence-corrected chi connectivity index (χ3v) is 2.39. The molecule has 0 aliphatic carbocycles. The van der Waals surface area contributed by atoms with E-state index < -0.39 is 17.5 Å². The molecule has 0 aromatic carbocycles. The Morgan fingerprint density at radius 3 is 2.21 bits per heavy atom. The predicted molar refractivity (Wildman–Crippen MR) is 70.7 cm³/mol. The Kier molecular flexibility index (Phi) is 6.31. The van der Waals surface area contributed by atoms with E-state index in [0.717, 1.165) is 4.90 Å². The quantitative estimate of drug-likeness (QED) is 0.646. The molecule has 0 saturated heterocycles. The van der Waals surface area contributed by atoms with Gasteiger partial charge in [-0.25, -0.2) is 9.59 Å². The topological polar surface area (TPSA) is 98.7 Å². The van der Waals surface area contributed by atoms with E-state index in [2.05, 4.69) is 10.6 Å². The van der Waals surface area contributed by atoms with E-state index in [1.807, 2.05) is 13.8 Å². The highest BCUT2D eigenvalue weighted by Gasteiger charge is 2.30. The second-order valence-electron chi connectivity index (χ2n) is 5.41. The Bertz CT molecular complexity index is 353. The van der Waals surface area contributed by atoms with Crippen LogP contribution in [0.3, 0.4) is 0 Å². The smallest absolute Gasteiger partial charge is 0.328 e. The summed E-state index contributed by atoms with van der Waals surface area (Å²) in [7, 11) is 1.43. The van der Waals surface area contributed by atoms with Gasteiger partial charge in [-0.15, -0.1) is 0 Å². The molecule has 0 aliphatic rings. The fourth-order valence-corrected chi connectivity index (χ4v) is 1.08. The normalized spacial score (nSPS) is 11.1. The maximum atomic E-state index is 11.7. The zero-order valence-electron chi connectivity index (χ0n) is 12.1. The number of urea groups is 1. The molecular formula is C12H23N3O4. The Labute approximate surface area is 113 Å². The first-order valence-electron chi connectivity index (χ1n) is 6.09. The number of nitrogens with zero attached hydrogens (tertiary/aromatic N) is 1. The van der Waals surface area contributed by atoms with Gasteiger partial charge in [-0.2, -0.15) is 0 Å². The summed E-state index contributed by atoms with van der Waals surface area (Å²) < 4.78 is 0. The third kappa shape index (κ3) is 6.64. The first-order valence-corrected chi connectivity index (χ1v) is 6.09. The van der Waals surface area contributed by atoms with Crippen molar-refractivity contribution in [2.75, 3.05) is 20.1 Å². The van der Waals surface area contributed by atoms with Gasteiger partial charge in [0.2, 0.25) is 5.91 Å². The van der Waals surface area contributed by atoms with Crippen LogP contribution in [0.1, 0.15) is 27.7 Å². The zero-order valence-corrected chi connectivity index (χ0v) is 12.1. The van der Waals surface area contributed by atoms with Crippen molar-refractivity contribution in [1.29, 1.82) is 0 Å². The van der Waals surface area contributed by atoms with Gasteiger partial charge in [0, 0.05) is 13.6 Å². The van der Waals surface area contributed by atoms with Gasteiger partial charge in [-0.3, -0.25) is 4.79 Å². The Hall–Kier alpha value is -1.79. The van der Waals surface area contributed by atoms with Crippen molar-refractivity contribution in [3.63, 3.8) is 0 Å². The molecule has 0 bridgehead atoms. The van der Waals surface area contributed by atoms with Crippen LogP contribution in [-0.2, 0) is 9.59 Å². The van der Waals surface area contributed by atoms with Crippen LogP contribution in [-0.4, -0.2) is 53.6 Å². The summed E-state index contributed by atoms with van der Waals surface area (Å²) in [5.74, 6) is -1.09. The fourth-order valence-electron chi connectivity index (χ4n) is 1.08. The molecular weight excluding hydrogens is 250 g/mol. The number of carbonyl (C=O) groups is 3. The predicted octanol–water partition coefficient (Wildman–Crippen LogP) is 0.263. The van der Waals surface area contributed by atoms with Crippen molar-refractivity contribution in [2.45, 2.75) is 33.2 Å². The van der Waals surface area contributed by atoms with Gasteiger partial charge < -0.3 is 20.6 Å². The molecule has 19 heavy (non-hydrogen) atoms. The van der Waals surface area contributed by atoms with E-state index in [1.165, 1.54) is 20.9 Å². The second kappa shape index (κ2) is 6.96. The Morgan fingerprint density at radius 1 is 1.26 bits per heavy atom. The maximum absolute atomic E-state index is 11.7. The van der Waals surface area contributed by atoms with Crippen molar-refractivity contribution < 1.29 is 19.5 Å². The van der Waals surface area contributed by atoms with E-state index in [4.69, 9.17) is 5.11 Å². The first-order chi connectivity index (χ1) is 8.56. The number of rotatable bonds is 6. The van der Waals surface area contributed by atoms with Crippen molar-refractivity contribution in [3.05, 3.63) is 0 Å². The molecule has 110 valence electrons. The van der Waals surface area contributed by atoms with E-state index in [-0.39, 0.29) is 12.5 Å². The summed E-state index contributed by atoms with van der Waals surface area (Å²) in [6, 6.07) is -0.605. The largest absolute Gasteiger partial charge is 0.480 e. The number of carboxylic acid groups (broad SMARTS) is 1. The van der Waals surface area contributed by atoms with Crippen LogP contribution in [0.2, 0.25) is 0 Å². The fraction of sp³-hybridized carbons (Fsp3) is 0.750. The minimum atomic E-state index is -1.38. The molecule has 3 amide bonds. The summed E-state index contributed by atoms with van der Waals surface area (Å²) in [6.07, 6.45) is 0. The first kappa shape index (κ1) is 17.2. The van der Waals surface area contributed by atoms with Crippen molar-refractivity contribution in [1.82, 2.24) is 15.5 Å². The summed E-state index contributed by atoms with van der Waals surface area (Å²) in [4.78, 5) is 35.2. The highest BCUT2D eigenvalue weighted by molar-refractivity contribution is 5.88. The number of likely N-dealkylation sites (N-methyl/N-ethyl adjacent to an activating group) is 1. The van der Waals surface area contributed by atoms with Crippen LogP contribution in [0.5, 0.6) is 0 Å². The molecule has 7 heteroatoms. The van der Waals surface area contributed by atoms with Gasteiger partial charge >= 0.3 is 12.0 Å². The van der Waals surface area contributed by atoms with Crippen LogP contribution in [0, 0.1) is 5.92 Å². The molecule has 0 aliphatic heterocycles. The molecule has 0 fully saturated rings. The van der Waals surface area contributed by atoms with Crippen LogP contribution in [0.4, 0.5) is 4.79 Å². The number of nitrogens with one attached hydrogen (secondary N) is 2. The Balaban J connectivity index is 4.28. The molecule has 0 saturated carbocycles. The minimum absolute atomic E-state index is 0.117. The molecule has 0 rings (SSSR count). The minimum Gasteiger partial charge on any atom is -0.480 e. The van der Waals surface area contributed by atoms with Gasteiger partial charge in [0.25, 0.3) is 0 Å². The zero-order chi connectivity index (χ0) is 15.2. The van der Waals surface area contributed by atoms with E-state index in [0.29, 0.717) is 12.5 Å². The lowest BCUT2D eigenvalue weighted by Gasteiger charge is -2.25. The SMILES string of the molecule is CC(C)CNC(=O)CN(C)C(=O)NC(C)(C)C(=O)O. The molecule has 0 spiro atoms. The number of carbonyl (C=O) groups excluding carboxylic acids is 2. The second-order valence-corrected chi connectivity index (χ2v) is 5.41. The van der Waals surface area contributed by atoms with Crippen LogP contribution in [0.25, 0.3) is 0 Å². The molecule has 7 nitrogen and oxygen atoms in total. The van der Waals surface area contributed by atoms with Gasteiger partial charge in [-0.05, 0) is 19.8 Å². The van der Waals surface area contributed by atoms with E-state index in [1.54, 1.807) is 0 Å². The number of hydrogen-bond donors (Lipinski definition) is 3. The number of hydrogen-bond acceptors (Lipinski definition) is 3. The highest BCUT2D eigenvalue weighted by atomic mass is 16.4. The maximum Gasteiger partial charge on any atom is 0.328 e. The van der Waals surface area contributed by atoms with E-state index in [9.17, 15) is 14.4 Å². The molecule has 0 aromatic rings. The summed E-state index contributed by atoms with van der Waals surface area (Å²) >= 11 is 0. The molecule has 0 heterocycles. The number of amides is 3. The summed E-state index contributed by atoms with van der Waals surface area (Å²) in [5.41, 5.74) is -1.38. The average molecular weight is 273 g/mol. The van der Waals surface area contributed by atoms with Gasteiger partial charge in [0.15, 0.2) is 0 Å². The van der Waals surface area contributed by atoms with Crippen LogP contribution < -0.4 is 10.6 Å². The molecule has 0 aromatic heterocycles. The van der Waals surface area contributed by atoms with Crippen molar-refractivity contribution in [2.24, 2.45) is 5.92 Å². The van der Waals surface area contributed by atoms with Gasteiger partial charge in [-0.1, -0.05) is 13.8 Å². The van der Waals surface area contributed by atoms with Crippen LogP contribution in [0.15, 0.2) is 0 Å². The lowest BCUT2D eigenvalue weighted by atomic mass is 10.1. The van der Waals surface area contributed by atoms with Crippen molar-refractivity contribution in [3.8, 4) is 0 Å². The number of carboxylic acids is 1. The molecule has 0 atom stereocenters. The molecule has 3 N–H and O–H groups in total. The lowest BCUT2D eigenvalue weighted by Crippen LogP contribution is -2.54. The summed E-state index contributed by atoms with van der Waals surface area (Å²) in [5, 5.41) is 13.9. The number of aliphatic carboxylic acids is 1. The van der Waals surface area contributed by atoms with E-state index >= 15 is 0 Å².